The molecule has 4 aromatic rings. The minimum Gasteiger partial charge on any atom is -0.179 e. The van der Waals surface area contributed by atoms with Crippen molar-refractivity contribution in [1.82, 2.24) is 0 Å². The monoisotopic (exact) mass is 572 g/mol. The fraction of sp³-hybridized carbons (Fsp3) is 0.156. The maximum Gasteiger partial charge on any atom is -0.0253 e. The van der Waals surface area contributed by atoms with Gasteiger partial charge in [-0.2, -0.15) is 35.9 Å². The predicted molar refractivity (Wildman–Crippen MR) is 138 cm³/mol. The Labute approximate surface area is 237 Å². The van der Waals surface area contributed by atoms with E-state index in [1.54, 1.807) is 0 Å². The molecule has 0 N–H and O–H groups in total. The third-order valence-electron chi connectivity index (χ3n) is 6.13. The zero-order valence-electron chi connectivity index (χ0n) is 20.3. The Kier molecular flexibility index (Phi) is 11.6. The van der Waals surface area contributed by atoms with Gasteiger partial charge in [-0.15, -0.1) is 12.5 Å². The second kappa shape index (κ2) is 13.9. The van der Waals surface area contributed by atoms with Gasteiger partial charge in [0.05, 0.1) is 0 Å². The molecule has 2 aliphatic rings. The predicted octanol–water partition coefficient (Wildman–Crippen LogP) is 1.93. The summed E-state index contributed by atoms with van der Waals surface area (Å²) in [4.78, 5) is 0. The summed E-state index contributed by atoms with van der Waals surface area (Å²) in [6.07, 6.45) is 6.57. The number of halogens is 2. The van der Waals surface area contributed by atoms with Crippen LogP contribution in [0.3, 0.4) is 0 Å². The Balaban J connectivity index is 0.000000185. The first kappa shape index (κ1) is 29.2. The van der Waals surface area contributed by atoms with E-state index in [-0.39, 0.29) is 24.8 Å². The summed E-state index contributed by atoms with van der Waals surface area (Å²) in [5.41, 5.74) is 9.57. The van der Waals surface area contributed by atoms with E-state index in [0.717, 1.165) is 6.42 Å². The third-order valence-corrected chi connectivity index (χ3v) is 6.90. The van der Waals surface area contributed by atoms with E-state index in [1.165, 1.54) is 74.0 Å². The summed E-state index contributed by atoms with van der Waals surface area (Å²) in [5.74, 6) is 0.551. The van der Waals surface area contributed by atoms with Crippen LogP contribution in [0, 0.1) is 18.1 Å². The van der Waals surface area contributed by atoms with Crippen molar-refractivity contribution in [2.45, 2.75) is 27.2 Å². The van der Waals surface area contributed by atoms with Gasteiger partial charge < -0.3 is 24.8 Å². The van der Waals surface area contributed by atoms with Gasteiger partial charge in [-0.05, 0) is 6.42 Å². The first-order valence-electron chi connectivity index (χ1n) is 11.4. The van der Waals surface area contributed by atoms with Crippen LogP contribution in [-0.4, -0.2) is 3.71 Å². The summed E-state index contributed by atoms with van der Waals surface area (Å²) in [5, 5.41) is 2.69. The Hall–Kier alpha value is -2.05. The van der Waals surface area contributed by atoms with Crippen molar-refractivity contribution in [2.24, 2.45) is 5.92 Å². The van der Waals surface area contributed by atoms with E-state index in [2.05, 4.69) is 122 Å². The fourth-order valence-electron chi connectivity index (χ4n) is 4.37. The van der Waals surface area contributed by atoms with Gasteiger partial charge in [0.2, 0.25) is 0 Å². The molecule has 0 aliphatic heterocycles. The minimum absolute atomic E-state index is 0. The van der Waals surface area contributed by atoms with E-state index < -0.39 is 0 Å². The van der Waals surface area contributed by atoms with Crippen LogP contribution in [0.2, 0.25) is 0 Å². The molecule has 0 radical (unpaired) electrons. The van der Waals surface area contributed by atoms with Gasteiger partial charge in [0, 0.05) is 0 Å². The molecule has 0 amide bonds. The van der Waals surface area contributed by atoms with Crippen LogP contribution in [0.15, 0.2) is 102 Å². The molecule has 3 heteroatoms. The second-order valence-corrected chi connectivity index (χ2v) is 9.23. The Bertz CT molecular complexity index is 1280. The number of fused-ring (bicyclic) bond motifs is 4. The Morgan fingerprint density at radius 2 is 1.51 bits per heavy atom. The number of hydrogen-bond donors (Lipinski definition) is 0. The van der Waals surface area contributed by atoms with Crippen molar-refractivity contribution in [1.29, 1.82) is 0 Å². The third kappa shape index (κ3) is 7.23. The summed E-state index contributed by atoms with van der Waals surface area (Å²) >= 11 is 1.46. The first-order valence-corrected chi connectivity index (χ1v) is 12.8. The van der Waals surface area contributed by atoms with Gasteiger partial charge in [-0.3, -0.25) is 6.08 Å². The summed E-state index contributed by atoms with van der Waals surface area (Å²) in [6.45, 7) is 6.39. The topological polar surface area (TPSA) is 0 Å². The molecule has 0 nitrogen and oxygen atoms in total. The van der Waals surface area contributed by atoms with Crippen LogP contribution in [0.5, 0.6) is 0 Å². The maximum absolute atomic E-state index is 3.30. The van der Waals surface area contributed by atoms with Crippen molar-refractivity contribution >= 4 is 14.5 Å². The van der Waals surface area contributed by atoms with E-state index in [9.17, 15) is 0 Å². The van der Waals surface area contributed by atoms with Crippen molar-refractivity contribution in [3.63, 3.8) is 0 Å². The molecular weight excluding hydrogens is 546 g/mol. The van der Waals surface area contributed by atoms with Crippen LogP contribution >= 0.6 is 0 Å². The molecule has 1 atom stereocenters. The average Bonchev–Trinajstić information content (AvgIpc) is 3.37. The van der Waals surface area contributed by atoms with Crippen molar-refractivity contribution in [3.8, 4) is 11.1 Å². The molecule has 0 bridgehead atoms. The van der Waals surface area contributed by atoms with Gasteiger partial charge >= 0.3 is 86.7 Å². The quantitative estimate of drug-likeness (QED) is 0.269. The van der Waals surface area contributed by atoms with Crippen molar-refractivity contribution in [3.05, 3.63) is 131 Å². The van der Waals surface area contributed by atoms with E-state index >= 15 is 0 Å². The standard InChI is InChI=1S/C13H9.C11H8.C8H11.2ClH.Zr/c1-3-7-12-10(5-1)9-11-6-2-4-8-13(11)12;1-9-5-4-7-10-6-2-3-8-11(9)10;1-6-4-7(2)8(3)5-6;;;/h1-5,7-8H,9H2;1-8H;4,6H,1-3H3;2*1H;/q-1;;-1;;;+2/p-2. The van der Waals surface area contributed by atoms with Crippen molar-refractivity contribution in [2.75, 3.05) is 0 Å². The summed E-state index contributed by atoms with van der Waals surface area (Å²) < 4.78 is 2.23. The Morgan fingerprint density at radius 3 is 2.20 bits per heavy atom. The van der Waals surface area contributed by atoms with Gasteiger partial charge in [0.1, 0.15) is 0 Å². The second-order valence-electron chi connectivity index (χ2n) is 8.52. The van der Waals surface area contributed by atoms with E-state index in [4.69, 9.17) is 0 Å². The molecule has 1 unspecified atom stereocenters. The van der Waals surface area contributed by atoms with E-state index in [1.807, 2.05) is 6.07 Å². The van der Waals surface area contributed by atoms with Crippen LogP contribution in [-0.2, 0) is 30.7 Å². The fourth-order valence-corrected chi connectivity index (χ4v) is 4.99. The average molecular weight is 575 g/mol. The molecular formula is C32H28Cl2Zr-2. The molecule has 0 saturated heterocycles. The van der Waals surface area contributed by atoms with Crippen LogP contribution in [0.25, 0.3) is 21.9 Å². The molecule has 2 aliphatic carbocycles. The number of hydrogen-bond acceptors (Lipinski definition) is 0. The number of allylic oxidation sites excluding steroid dienone is 4. The Morgan fingerprint density at radius 1 is 0.829 bits per heavy atom. The molecule has 6 rings (SSSR count). The molecule has 0 saturated carbocycles. The van der Waals surface area contributed by atoms with Gasteiger partial charge in [0.15, 0.2) is 0 Å². The zero-order valence-corrected chi connectivity index (χ0v) is 24.2. The zero-order chi connectivity index (χ0) is 23.2. The number of benzene rings is 4. The molecule has 0 heterocycles. The first-order chi connectivity index (χ1) is 16.1. The van der Waals surface area contributed by atoms with Crippen LogP contribution in [0.4, 0.5) is 0 Å². The molecule has 0 fully saturated rings. The molecule has 176 valence electrons. The SMILES string of the molecule is CC1=[C-]C(C)C=C1C.[Cl-].[Cl-].[Zr+2]=[CH]c1cccc2ccccc12.[c-]1cccc2c1Cc1ccccc1-2. The van der Waals surface area contributed by atoms with E-state index in [0.29, 0.717) is 5.92 Å². The molecule has 35 heavy (non-hydrogen) atoms. The number of rotatable bonds is 1. The summed E-state index contributed by atoms with van der Waals surface area (Å²) in [7, 11) is 0. The molecule has 0 aromatic heterocycles. The maximum atomic E-state index is 3.30. The van der Waals surface area contributed by atoms with Crippen LogP contribution in [0.1, 0.15) is 37.5 Å². The molecule has 4 aromatic carbocycles. The smallest absolute Gasteiger partial charge is 0.0253 e. The van der Waals surface area contributed by atoms with Gasteiger partial charge in [-0.1, -0.05) is 55.2 Å². The van der Waals surface area contributed by atoms with Crippen molar-refractivity contribution < 1.29 is 49.0 Å². The molecule has 0 spiro atoms. The largest absolute Gasteiger partial charge is 0.179 e. The minimum atomic E-state index is 0. The summed E-state index contributed by atoms with van der Waals surface area (Å²) in [6, 6.07) is 33.0. The van der Waals surface area contributed by atoms with Gasteiger partial charge in [0.25, 0.3) is 0 Å². The van der Waals surface area contributed by atoms with Gasteiger partial charge in [-0.25, -0.2) is 11.1 Å². The van der Waals surface area contributed by atoms with Crippen LogP contribution < -0.4 is 24.8 Å². The normalized spacial score (nSPS) is 14.4.